The zero-order valence-electron chi connectivity index (χ0n) is 11.3. The van der Waals surface area contributed by atoms with Crippen molar-refractivity contribution >= 4 is 5.97 Å². The lowest BCUT2D eigenvalue weighted by Crippen LogP contribution is -2.19. The van der Waals surface area contributed by atoms with Gasteiger partial charge in [-0.15, -0.1) is 0 Å². The molecular weight excluding hydrogens is 260 g/mol. The number of carboxylic acid groups (broad SMARTS) is 1. The smallest absolute Gasteiger partial charge is 0.317 e. The van der Waals surface area contributed by atoms with Crippen LogP contribution in [0.5, 0.6) is 11.5 Å². The first-order valence-electron chi connectivity index (χ1n) is 6.16. The van der Waals surface area contributed by atoms with Crippen molar-refractivity contribution < 1.29 is 23.8 Å². The van der Waals surface area contributed by atoms with Crippen LogP contribution >= 0.6 is 0 Å². The molecule has 1 unspecified atom stereocenters. The molecule has 1 aromatic heterocycles. The van der Waals surface area contributed by atoms with Gasteiger partial charge in [-0.05, 0) is 31.2 Å². The normalized spacial score (nSPS) is 11.9. The molecule has 0 spiro atoms. The monoisotopic (exact) mass is 276 g/mol. The largest absolute Gasteiger partial charge is 0.493 e. The number of methoxy groups -OCH3 is 1. The van der Waals surface area contributed by atoms with Gasteiger partial charge in [0.1, 0.15) is 24.0 Å². The van der Waals surface area contributed by atoms with Crippen LogP contribution in [0.3, 0.4) is 0 Å². The Morgan fingerprint density at radius 2 is 1.95 bits per heavy atom. The van der Waals surface area contributed by atoms with Crippen LogP contribution in [-0.4, -0.2) is 24.8 Å². The van der Waals surface area contributed by atoms with E-state index >= 15 is 0 Å². The van der Waals surface area contributed by atoms with Crippen molar-refractivity contribution in [3.05, 3.63) is 47.9 Å². The molecule has 2 aromatic rings. The van der Waals surface area contributed by atoms with Crippen LogP contribution in [0.15, 0.2) is 40.8 Å². The van der Waals surface area contributed by atoms with E-state index in [0.29, 0.717) is 23.0 Å². The van der Waals surface area contributed by atoms with E-state index in [1.165, 1.54) is 7.11 Å². The summed E-state index contributed by atoms with van der Waals surface area (Å²) in [5.74, 6) is 0.271. The Morgan fingerprint density at radius 1 is 1.25 bits per heavy atom. The number of benzene rings is 1. The molecule has 1 N–H and O–H groups in total. The third-order valence-corrected chi connectivity index (χ3v) is 2.88. The van der Waals surface area contributed by atoms with Crippen molar-refractivity contribution in [1.29, 1.82) is 0 Å². The van der Waals surface area contributed by atoms with E-state index in [1.807, 2.05) is 6.07 Å². The molecule has 106 valence electrons. The lowest BCUT2D eigenvalue weighted by molar-refractivity contribution is -0.140. The predicted octanol–water partition coefficient (Wildman–Crippen LogP) is 2.84. The van der Waals surface area contributed by atoms with Gasteiger partial charge in [-0.1, -0.05) is 12.1 Å². The van der Waals surface area contributed by atoms with Gasteiger partial charge in [-0.2, -0.15) is 0 Å². The number of aryl methyl sites for hydroxylation is 1. The number of rotatable bonds is 6. The number of ether oxygens (including phenoxy) is 2. The molecule has 2 rings (SSSR count). The van der Waals surface area contributed by atoms with Crippen molar-refractivity contribution in [3.63, 3.8) is 0 Å². The summed E-state index contributed by atoms with van der Waals surface area (Å²) < 4.78 is 16.1. The van der Waals surface area contributed by atoms with E-state index in [2.05, 4.69) is 0 Å². The number of hydrogen-bond acceptors (Lipinski definition) is 4. The van der Waals surface area contributed by atoms with Crippen LogP contribution < -0.4 is 9.47 Å². The summed E-state index contributed by atoms with van der Waals surface area (Å²) in [4.78, 5) is 11.3. The second-order valence-electron chi connectivity index (χ2n) is 4.30. The molecule has 0 aliphatic rings. The molecular formula is C15H16O5. The maximum atomic E-state index is 11.3. The number of carbonyl (C=O) groups is 1. The van der Waals surface area contributed by atoms with Crippen molar-refractivity contribution in [2.45, 2.75) is 12.8 Å². The maximum Gasteiger partial charge on any atom is 0.317 e. The summed E-state index contributed by atoms with van der Waals surface area (Å²) in [7, 11) is 1.53. The number of aliphatic carboxylic acids is 1. The van der Waals surface area contributed by atoms with Crippen LogP contribution in [0.4, 0.5) is 0 Å². The molecule has 0 saturated heterocycles. The molecule has 1 aromatic carbocycles. The van der Waals surface area contributed by atoms with E-state index in [1.54, 1.807) is 37.3 Å². The summed E-state index contributed by atoms with van der Waals surface area (Å²) >= 11 is 0. The highest BCUT2D eigenvalue weighted by Gasteiger charge is 2.24. The summed E-state index contributed by atoms with van der Waals surface area (Å²) in [6, 6.07) is 10.5. The molecule has 0 aliphatic heterocycles. The second-order valence-corrected chi connectivity index (χ2v) is 4.30. The molecule has 5 nitrogen and oxygen atoms in total. The van der Waals surface area contributed by atoms with Crippen LogP contribution in [0.2, 0.25) is 0 Å². The fourth-order valence-electron chi connectivity index (χ4n) is 1.83. The van der Waals surface area contributed by atoms with Crippen molar-refractivity contribution in [3.8, 4) is 11.5 Å². The fraction of sp³-hybridized carbons (Fsp3) is 0.267. The van der Waals surface area contributed by atoms with E-state index in [-0.39, 0.29) is 6.61 Å². The van der Waals surface area contributed by atoms with Gasteiger partial charge in [0.25, 0.3) is 0 Å². The SMILES string of the molecule is COc1ccccc1OCC(C(=O)O)c1ccc(C)o1. The first-order chi connectivity index (χ1) is 9.61. The van der Waals surface area contributed by atoms with E-state index in [0.717, 1.165) is 0 Å². The van der Waals surface area contributed by atoms with Crippen LogP contribution in [-0.2, 0) is 4.79 Å². The maximum absolute atomic E-state index is 11.3. The summed E-state index contributed by atoms with van der Waals surface area (Å²) in [5, 5.41) is 9.27. The van der Waals surface area contributed by atoms with Crippen molar-refractivity contribution in [1.82, 2.24) is 0 Å². The molecule has 20 heavy (non-hydrogen) atoms. The molecule has 0 fully saturated rings. The number of para-hydroxylation sites is 2. The third kappa shape index (κ3) is 3.12. The van der Waals surface area contributed by atoms with Gasteiger partial charge in [0.15, 0.2) is 11.5 Å². The molecule has 0 saturated carbocycles. The molecule has 0 aliphatic carbocycles. The molecule has 1 heterocycles. The quantitative estimate of drug-likeness (QED) is 0.878. The van der Waals surface area contributed by atoms with E-state index in [4.69, 9.17) is 13.9 Å². The van der Waals surface area contributed by atoms with Gasteiger partial charge in [0, 0.05) is 0 Å². The van der Waals surface area contributed by atoms with E-state index < -0.39 is 11.9 Å². The van der Waals surface area contributed by atoms with Crippen LogP contribution in [0, 0.1) is 6.92 Å². The first kappa shape index (κ1) is 14.0. The zero-order chi connectivity index (χ0) is 14.5. The first-order valence-corrected chi connectivity index (χ1v) is 6.16. The van der Waals surface area contributed by atoms with Gasteiger partial charge in [-0.3, -0.25) is 4.79 Å². The van der Waals surface area contributed by atoms with Gasteiger partial charge < -0.3 is 19.0 Å². The number of carboxylic acids is 1. The third-order valence-electron chi connectivity index (χ3n) is 2.88. The minimum atomic E-state index is -0.991. The van der Waals surface area contributed by atoms with Crippen LogP contribution in [0.1, 0.15) is 17.4 Å². The average Bonchev–Trinajstić information content (AvgIpc) is 2.85. The molecule has 0 radical (unpaired) electrons. The minimum absolute atomic E-state index is 0.0251. The topological polar surface area (TPSA) is 68.9 Å². The van der Waals surface area contributed by atoms with E-state index in [9.17, 15) is 9.90 Å². The Kier molecular flexibility index (Phi) is 4.30. The average molecular weight is 276 g/mol. The number of furan rings is 1. The minimum Gasteiger partial charge on any atom is -0.493 e. The highest BCUT2D eigenvalue weighted by Crippen LogP contribution is 2.28. The summed E-state index contributed by atoms with van der Waals surface area (Å²) in [5.41, 5.74) is 0. The lowest BCUT2D eigenvalue weighted by Gasteiger charge is -2.13. The fourth-order valence-corrected chi connectivity index (χ4v) is 1.83. The van der Waals surface area contributed by atoms with Gasteiger partial charge in [0.2, 0.25) is 0 Å². The van der Waals surface area contributed by atoms with Crippen LogP contribution in [0.25, 0.3) is 0 Å². The van der Waals surface area contributed by atoms with Crippen molar-refractivity contribution in [2.75, 3.05) is 13.7 Å². The van der Waals surface area contributed by atoms with Gasteiger partial charge in [-0.25, -0.2) is 0 Å². The molecule has 5 heteroatoms. The Bertz CT molecular complexity index is 587. The Labute approximate surface area is 116 Å². The van der Waals surface area contributed by atoms with Gasteiger partial charge >= 0.3 is 5.97 Å². The molecule has 1 atom stereocenters. The Hall–Kier alpha value is -2.43. The zero-order valence-corrected chi connectivity index (χ0v) is 11.3. The highest BCUT2D eigenvalue weighted by molar-refractivity contribution is 5.75. The summed E-state index contributed by atoms with van der Waals surface area (Å²) in [6.07, 6.45) is 0. The van der Waals surface area contributed by atoms with Crippen molar-refractivity contribution in [2.24, 2.45) is 0 Å². The Morgan fingerprint density at radius 3 is 2.50 bits per heavy atom. The standard InChI is InChI=1S/C15H16O5/c1-10-7-8-12(20-10)11(15(16)17)9-19-14-6-4-3-5-13(14)18-2/h3-8,11H,9H2,1-2H3,(H,16,17). The number of hydrogen-bond donors (Lipinski definition) is 1. The van der Waals surface area contributed by atoms with Gasteiger partial charge in [0.05, 0.1) is 7.11 Å². The molecule has 0 amide bonds. The molecule has 0 bridgehead atoms. The predicted molar refractivity (Wildman–Crippen MR) is 72.3 cm³/mol. The Balaban J connectivity index is 2.12. The lowest BCUT2D eigenvalue weighted by atomic mass is 10.1. The second kappa shape index (κ2) is 6.14. The summed E-state index contributed by atoms with van der Waals surface area (Å²) in [6.45, 7) is 1.74. The highest BCUT2D eigenvalue weighted by atomic mass is 16.5.